The van der Waals surface area contributed by atoms with Gasteiger partial charge in [0.05, 0.1) is 17.1 Å². The predicted octanol–water partition coefficient (Wildman–Crippen LogP) is 3.09. The fraction of sp³-hybridized carbons (Fsp3) is 0.444. The Kier molecular flexibility index (Phi) is 6.74. The van der Waals surface area contributed by atoms with Gasteiger partial charge >= 0.3 is 0 Å². The van der Waals surface area contributed by atoms with Crippen LogP contribution in [-0.2, 0) is 11.2 Å². The summed E-state index contributed by atoms with van der Waals surface area (Å²) >= 11 is 1.60. The van der Waals surface area contributed by atoms with Gasteiger partial charge in [-0.05, 0) is 12.0 Å². The van der Waals surface area contributed by atoms with E-state index in [-0.39, 0.29) is 18.4 Å². The van der Waals surface area contributed by atoms with E-state index in [0.29, 0.717) is 25.3 Å². The number of thiazole rings is 1. The molecule has 1 atom stereocenters. The second-order valence-electron chi connectivity index (χ2n) is 5.93. The summed E-state index contributed by atoms with van der Waals surface area (Å²) in [7, 11) is 0. The summed E-state index contributed by atoms with van der Waals surface area (Å²) in [6.45, 7) is 4.84. The number of nitrogens with one attached hydrogen (secondary N) is 1. The molecule has 0 saturated heterocycles. The first-order valence-corrected chi connectivity index (χ1v) is 8.85. The Labute approximate surface area is 141 Å². The molecule has 4 nitrogen and oxygen atoms in total. The van der Waals surface area contributed by atoms with Crippen molar-refractivity contribution in [1.29, 1.82) is 0 Å². The summed E-state index contributed by atoms with van der Waals surface area (Å²) in [4.78, 5) is 16.6. The molecule has 0 saturated carbocycles. The zero-order valence-electron chi connectivity index (χ0n) is 13.7. The van der Waals surface area contributed by atoms with Crippen LogP contribution in [0.25, 0.3) is 0 Å². The second-order valence-corrected chi connectivity index (χ2v) is 6.82. The van der Waals surface area contributed by atoms with Gasteiger partial charge in [-0.3, -0.25) is 4.79 Å². The number of carbonyl (C=O) groups excluding carboxylic acids is 1. The van der Waals surface area contributed by atoms with Crippen molar-refractivity contribution in [3.8, 4) is 0 Å². The van der Waals surface area contributed by atoms with E-state index in [1.54, 1.807) is 11.3 Å². The largest absolute Gasteiger partial charge is 0.396 e. The van der Waals surface area contributed by atoms with E-state index in [1.165, 1.54) is 0 Å². The van der Waals surface area contributed by atoms with Gasteiger partial charge in [-0.1, -0.05) is 44.2 Å². The normalized spacial score (nSPS) is 12.3. The molecule has 2 aromatic rings. The number of aliphatic hydroxyl groups is 1. The minimum Gasteiger partial charge on any atom is -0.396 e. The van der Waals surface area contributed by atoms with Gasteiger partial charge in [-0.25, -0.2) is 4.98 Å². The highest BCUT2D eigenvalue weighted by molar-refractivity contribution is 7.09. The van der Waals surface area contributed by atoms with Crippen LogP contribution in [0.15, 0.2) is 35.7 Å². The molecule has 0 bridgehead atoms. The molecule has 0 aliphatic rings. The van der Waals surface area contributed by atoms with Gasteiger partial charge in [0.2, 0.25) is 5.91 Å². The molecule has 0 spiro atoms. The maximum Gasteiger partial charge on any atom is 0.226 e. The van der Waals surface area contributed by atoms with Gasteiger partial charge in [-0.15, -0.1) is 11.3 Å². The lowest BCUT2D eigenvalue weighted by atomic mass is 9.96. The molecule has 5 heteroatoms. The fourth-order valence-corrected chi connectivity index (χ4v) is 3.24. The third-order valence-electron chi connectivity index (χ3n) is 3.70. The molecular weight excluding hydrogens is 308 g/mol. The van der Waals surface area contributed by atoms with E-state index in [9.17, 15) is 9.90 Å². The number of nitrogens with zero attached hydrogens (tertiary/aromatic N) is 1. The van der Waals surface area contributed by atoms with Crippen LogP contribution in [0.1, 0.15) is 48.4 Å². The molecule has 0 radical (unpaired) electrons. The zero-order chi connectivity index (χ0) is 16.7. The Morgan fingerprint density at radius 2 is 2.04 bits per heavy atom. The molecule has 1 unspecified atom stereocenters. The van der Waals surface area contributed by atoms with Gasteiger partial charge in [0.25, 0.3) is 0 Å². The SMILES string of the molecule is CC(C)c1nc(CC(=O)NCC(CCO)c2ccccc2)cs1. The summed E-state index contributed by atoms with van der Waals surface area (Å²) in [5.74, 6) is 0.500. The van der Waals surface area contributed by atoms with Gasteiger partial charge in [0.1, 0.15) is 0 Å². The van der Waals surface area contributed by atoms with E-state index < -0.39 is 0 Å². The summed E-state index contributed by atoms with van der Waals surface area (Å²) < 4.78 is 0. The van der Waals surface area contributed by atoms with E-state index in [1.807, 2.05) is 35.7 Å². The molecule has 0 aliphatic carbocycles. The highest BCUT2D eigenvalue weighted by Gasteiger charge is 2.14. The van der Waals surface area contributed by atoms with Crippen LogP contribution >= 0.6 is 11.3 Å². The Balaban J connectivity index is 1.88. The Morgan fingerprint density at radius 1 is 1.30 bits per heavy atom. The van der Waals surface area contributed by atoms with Gasteiger partial charge in [-0.2, -0.15) is 0 Å². The average Bonchev–Trinajstić information content (AvgIpc) is 3.01. The second kappa shape index (κ2) is 8.79. The number of benzene rings is 1. The number of amides is 1. The number of rotatable bonds is 8. The fourth-order valence-electron chi connectivity index (χ4n) is 2.40. The van der Waals surface area contributed by atoms with E-state index >= 15 is 0 Å². The number of hydrogen-bond donors (Lipinski definition) is 2. The predicted molar refractivity (Wildman–Crippen MR) is 93.8 cm³/mol. The molecule has 2 rings (SSSR count). The lowest BCUT2D eigenvalue weighted by molar-refractivity contribution is -0.120. The number of aliphatic hydroxyl groups excluding tert-OH is 1. The molecule has 1 heterocycles. The van der Waals surface area contributed by atoms with Crippen LogP contribution in [0.2, 0.25) is 0 Å². The lowest BCUT2D eigenvalue weighted by Gasteiger charge is -2.17. The lowest BCUT2D eigenvalue weighted by Crippen LogP contribution is -2.30. The summed E-state index contributed by atoms with van der Waals surface area (Å²) in [6.07, 6.45) is 0.947. The summed E-state index contributed by atoms with van der Waals surface area (Å²) in [5, 5.41) is 15.2. The van der Waals surface area contributed by atoms with Gasteiger partial charge < -0.3 is 10.4 Å². The maximum atomic E-state index is 12.1. The molecule has 0 fully saturated rings. The van der Waals surface area contributed by atoms with Crippen LogP contribution in [-0.4, -0.2) is 29.1 Å². The van der Waals surface area contributed by atoms with Gasteiger partial charge in [0, 0.05) is 30.4 Å². The third-order valence-corrected chi connectivity index (χ3v) is 4.89. The van der Waals surface area contributed by atoms with Crippen LogP contribution in [0, 0.1) is 0 Å². The van der Waals surface area contributed by atoms with Crippen LogP contribution in [0.3, 0.4) is 0 Å². The van der Waals surface area contributed by atoms with Crippen molar-refractivity contribution in [3.63, 3.8) is 0 Å². The van der Waals surface area contributed by atoms with E-state index in [0.717, 1.165) is 16.3 Å². The van der Waals surface area contributed by atoms with Crippen molar-refractivity contribution in [3.05, 3.63) is 52.0 Å². The first kappa shape index (κ1) is 17.6. The average molecular weight is 332 g/mol. The topological polar surface area (TPSA) is 62.2 Å². The number of aromatic nitrogens is 1. The maximum absolute atomic E-state index is 12.1. The smallest absolute Gasteiger partial charge is 0.226 e. The van der Waals surface area contributed by atoms with Crippen molar-refractivity contribution >= 4 is 17.2 Å². The Hall–Kier alpha value is -1.72. The Morgan fingerprint density at radius 3 is 2.65 bits per heavy atom. The summed E-state index contributed by atoms with van der Waals surface area (Å²) in [5.41, 5.74) is 1.97. The third kappa shape index (κ3) is 5.44. The monoisotopic (exact) mass is 332 g/mol. The number of hydrogen-bond acceptors (Lipinski definition) is 4. The first-order valence-electron chi connectivity index (χ1n) is 7.97. The van der Waals surface area contributed by atoms with Crippen LogP contribution in [0.5, 0.6) is 0 Å². The van der Waals surface area contributed by atoms with E-state index in [2.05, 4.69) is 24.1 Å². The van der Waals surface area contributed by atoms with Crippen LogP contribution < -0.4 is 5.32 Å². The Bertz CT molecular complexity index is 610. The van der Waals surface area contributed by atoms with Crippen LogP contribution in [0.4, 0.5) is 0 Å². The standard InChI is InChI=1S/C18H24N2O2S/c1-13(2)18-20-16(12-23-18)10-17(22)19-11-15(8-9-21)14-6-4-3-5-7-14/h3-7,12-13,15,21H,8-11H2,1-2H3,(H,19,22). The van der Waals surface area contributed by atoms with Crippen molar-refractivity contribution in [2.24, 2.45) is 0 Å². The van der Waals surface area contributed by atoms with Crippen molar-refractivity contribution in [2.75, 3.05) is 13.2 Å². The molecule has 1 amide bonds. The zero-order valence-corrected chi connectivity index (χ0v) is 14.5. The first-order chi connectivity index (χ1) is 11.1. The minimum absolute atomic E-state index is 0.0236. The minimum atomic E-state index is -0.0236. The summed E-state index contributed by atoms with van der Waals surface area (Å²) in [6, 6.07) is 9.98. The molecule has 0 aliphatic heterocycles. The highest BCUT2D eigenvalue weighted by Crippen LogP contribution is 2.20. The van der Waals surface area contributed by atoms with Crippen molar-refractivity contribution < 1.29 is 9.90 Å². The molecular formula is C18H24N2O2S. The van der Waals surface area contributed by atoms with Crippen molar-refractivity contribution in [2.45, 2.75) is 38.5 Å². The highest BCUT2D eigenvalue weighted by atomic mass is 32.1. The molecule has 2 N–H and O–H groups in total. The molecule has 124 valence electrons. The number of carbonyl (C=O) groups is 1. The molecule has 23 heavy (non-hydrogen) atoms. The molecule has 1 aromatic heterocycles. The van der Waals surface area contributed by atoms with Crippen molar-refractivity contribution in [1.82, 2.24) is 10.3 Å². The van der Waals surface area contributed by atoms with Gasteiger partial charge in [0.15, 0.2) is 0 Å². The van der Waals surface area contributed by atoms with E-state index in [4.69, 9.17) is 0 Å². The quantitative estimate of drug-likeness (QED) is 0.781. The molecule has 1 aromatic carbocycles.